The quantitative estimate of drug-likeness (QED) is 0.325. The Hall–Kier alpha value is -2.97. The van der Waals surface area contributed by atoms with Crippen molar-refractivity contribution in [1.29, 1.82) is 0 Å². The van der Waals surface area contributed by atoms with Gasteiger partial charge in [-0.15, -0.1) is 0 Å². The van der Waals surface area contributed by atoms with Crippen LogP contribution in [0.3, 0.4) is 0 Å². The second kappa shape index (κ2) is 13.2. The van der Waals surface area contributed by atoms with Crippen molar-refractivity contribution in [2.24, 2.45) is 0 Å². The smallest absolute Gasteiger partial charge is 0.264 e. The molecule has 0 aromatic heterocycles. The Morgan fingerprint density at radius 2 is 1.74 bits per heavy atom. The lowest BCUT2D eigenvalue weighted by Crippen LogP contribution is -2.41. The minimum absolute atomic E-state index is 0.117. The predicted molar refractivity (Wildman–Crippen MR) is 144 cm³/mol. The molecule has 3 aromatic rings. The molecule has 0 fully saturated rings. The predicted octanol–water partition coefficient (Wildman–Crippen LogP) is 5.03. The number of anilines is 1. The van der Waals surface area contributed by atoms with E-state index in [0.717, 1.165) is 22.2 Å². The van der Waals surface area contributed by atoms with Gasteiger partial charge in [0.15, 0.2) is 0 Å². The van der Waals surface area contributed by atoms with Crippen LogP contribution in [-0.2, 0) is 20.6 Å². The Morgan fingerprint density at radius 1 is 1.00 bits per heavy atom. The van der Waals surface area contributed by atoms with Gasteiger partial charge in [-0.1, -0.05) is 60.2 Å². The van der Waals surface area contributed by atoms with Gasteiger partial charge < -0.3 is 10.1 Å². The average Bonchev–Trinajstić information content (AvgIpc) is 2.86. The summed E-state index contributed by atoms with van der Waals surface area (Å²) in [4.78, 5) is 12.9. The van der Waals surface area contributed by atoms with Gasteiger partial charge in [0, 0.05) is 12.3 Å². The SMILES string of the molecule is CCOc1ccccc1N(CC(=O)NCCCSCc1cccc(C)c1)S(=O)(=O)c1ccccc1. The summed E-state index contributed by atoms with van der Waals surface area (Å²) in [5.74, 6) is 1.87. The molecule has 0 aliphatic rings. The first kappa shape index (κ1) is 26.6. The van der Waals surface area contributed by atoms with Gasteiger partial charge in [0.1, 0.15) is 12.3 Å². The average molecular weight is 513 g/mol. The molecule has 0 aliphatic heterocycles. The minimum atomic E-state index is -3.98. The Balaban J connectivity index is 1.63. The van der Waals surface area contributed by atoms with Crippen LogP contribution in [0, 0.1) is 6.92 Å². The first-order valence-corrected chi connectivity index (χ1v) is 14.2. The monoisotopic (exact) mass is 512 g/mol. The molecular formula is C27H32N2O4S2. The second-order valence-corrected chi connectivity index (χ2v) is 10.9. The van der Waals surface area contributed by atoms with Crippen molar-refractivity contribution in [3.05, 3.63) is 90.0 Å². The highest BCUT2D eigenvalue weighted by Crippen LogP contribution is 2.32. The van der Waals surface area contributed by atoms with E-state index in [0.29, 0.717) is 24.6 Å². The molecule has 0 saturated heterocycles. The molecule has 3 aromatic carbocycles. The van der Waals surface area contributed by atoms with Gasteiger partial charge in [-0.25, -0.2) is 8.42 Å². The zero-order chi connectivity index (χ0) is 25.1. The van der Waals surface area contributed by atoms with Gasteiger partial charge >= 0.3 is 0 Å². The number of hydrogen-bond acceptors (Lipinski definition) is 5. The van der Waals surface area contributed by atoms with Gasteiger partial charge in [0.25, 0.3) is 10.0 Å². The van der Waals surface area contributed by atoms with E-state index < -0.39 is 10.0 Å². The van der Waals surface area contributed by atoms with Crippen LogP contribution in [0.5, 0.6) is 5.75 Å². The topological polar surface area (TPSA) is 75.7 Å². The lowest BCUT2D eigenvalue weighted by molar-refractivity contribution is -0.119. The summed E-state index contributed by atoms with van der Waals surface area (Å²) >= 11 is 1.81. The minimum Gasteiger partial charge on any atom is -0.492 e. The molecule has 1 N–H and O–H groups in total. The Labute approximate surface area is 212 Å². The van der Waals surface area contributed by atoms with Crippen molar-refractivity contribution in [2.75, 3.05) is 29.8 Å². The van der Waals surface area contributed by atoms with Crippen LogP contribution in [0.15, 0.2) is 83.8 Å². The van der Waals surface area contributed by atoms with E-state index in [1.54, 1.807) is 42.5 Å². The number of carbonyl (C=O) groups is 1. The van der Waals surface area contributed by atoms with Crippen LogP contribution < -0.4 is 14.4 Å². The van der Waals surface area contributed by atoms with E-state index >= 15 is 0 Å². The first-order chi connectivity index (χ1) is 16.9. The molecule has 0 spiro atoms. The number of para-hydroxylation sites is 2. The van der Waals surface area contributed by atoms with Crippen LogP contribution in [0.4, 0.5) is 5.69 Å². The molecule has 0 heterocycles. The number of rotatable bonds is 13. The first-order valence-electron chi connectivity index (χ1n) is 11.6. The van der Waals surface area contributed by atoms with E-state index in [9.17, 15) is 13.2 Å². The summed E-state index contributed by atoms with van der Waals surface area (Å²) in [6.07, 6.45) is 0.795. The standard InChI is InChI=1S/C27H32N2O4S2/c1-3-33-26-16-8-7-15-25(26)29(35(31,32)24-13-5-4-6-14-24)20-27(30)28-17-10-18-34-21-23-12-9-11-22(2)19-23/h4-9,11-16,19H,3,10,17-18,20-21H2,1-2H3,(H,28,30). The van der Waals surface area contributed by atoms with Gasteiger partial charge in [0.05, 0.1) is 17.2 Å². The van der Waals surface area contributed by atoms with E-state index in [-0.39, 0.29) is 17.3 Å². The van der Waals surface area contributed by atoms with E-state index in [1.165, 1.54) is 23.3 Å². The maximum atomic E-state index is 13.5. The molecule has 35 heavy (non-hydrogen) atoms. The largest absolute Gasteiger partial charge is 0.492 e. The number of benzene rings is 3. The molecule has 3 rings (SSSR count). The number of ether oxygens (including phenoxy) is 1. The van der Waals surface area contributed by atoms with Crippen molar-refractivity contribution in [3.8, 4) is 5.75 Å². The summed E-state index contributed by atoms with van der Waals surface area (Å²) < 4.78 is 33.8. The molecule has 8 heteroatoms. The van der Waals surface area contributed by atoms with Gasteiger partial charge in [-0.2, -0.15) is 11.8 Å². The summed E-state index contributed by atoms with van der Waals surface area (Å²) in [5, 5.41) is 2.87. The van der Waals surface area contributed by atoms with Crippen LogP contribution in [0.1, 0.15) is 24.5 Å². The van der Waals surface area contributed by atoms with Crippen LogP contribution in [0.25, 0.3) is 0 Å². The summed E-state index contributed by atoms with van der Waals surface area (Å²) in [7, 11) is -3.98. The fraction of sp³-hybridized carbons (Fsp3) is 0.296. The molecule has 6 nitrogen and oxygen atoms in total. The molecule has 0 radical (unpaired) electrons. The van der Waals surface area contributed by atoms with E-state index in [4.69, 9.17) is 4.74 Å². The van der Waals surface area contributed by atoms with Crippen molar-refractivity contribution >= 4 is 33.4 Å². The maximum Gasteiger partial charge on any atom is 0.264 e. The third kappa shape index (κ3) is 7.77. The van der Waals surface area contributed by atoms with Crippen molar-refractivity contribution in [2.45, 2.75) is 30.9 Å². The lowest BCUT2D eigenvalue weighted by atomic mass is 10.2. The molecule has 1 amide bonds. The molecular weight excluding hydrogens is 480 g/mol. The molecule has 0 bridgehead atoms. The number of nitrogens with one attached hydrogen (secondary N) is 1. The highest BCUT2D eigenvalue weighted by Gasteiger charge is 2.29. The van der Waals surface area contributed by atoms with Gasteiger partial charge in [-0.05, 0) is 55.9 Å². The molecule has 0 atom stereocenters. The summed E-state index contributed by atoms with van der Waals surface area (Å²) in [5.41, 5.74) is 2.87. The van der Waals surface area contributed by atoms with Crippen LogP contribution >= 0.6 is 11.8 Å². The fourth-order valence-electron chi connectivity index (χ4n) is 3.54. The summed E-state index contributed by atoms with van der Waals surface area (Å²) in [6.45, 7) is 4.43. The number of amides is 1. The van der Waals surface area contributed by atoms with Crippen molar-refractivity contribution < 1.29 is 17.9 Å². The van der Waals surface area contributed by atoms with Crippen LogP contribution in [0.2, 0.25) is 0 Å². The van der Waals surface area contributed by atoms with Crippen LogP contribution in [-0.4, -0.2) is 39.8 Å². The zero-order valence-electron chi connectivity index (χ0n) is 20.1. The van der Waals surface area contributed by atoms with Gasteiger partial charge in [0.2, 0.25) is 5.91 Å². The van der Waals surface area contributed by atoms with E-state index in [2.05, 4.69) is 36.5 Å². The Morgan fingerprint density at radius 3 is 2.49 bits per heavy atom. The highest BCUT2D eigenvalue weighted by molar-refractivity contribution is 7.98. The number of thioether (sulfide) groups is 1. The molecule has 0 aliphatic carbocycles. The highest BCUT2D eigenvalue weighted by atomic mass is 32.2. The normalized spacial score (nSPS) is 11.1. The fourth-order valence-corrected chi connectivity index (χ4v) is 5.90. The summed E-state index contributed by atoms with van der Waals surface area (Å²) in [6, 6.07) is 23.4. The lowest BCUT2D eigenvalue weighted by Gasteiger charge is -2.26. The molecule has 0 unspecified atom stereocenters. The number of carbonyl (C=O) groups excluding carboxylic acids is 1. The zero-order valence-corrected chi connectivity index (χ0v) is 21.8. The number of sulfonamides is 1. The molecule has 186 valence electrons. The number of hydrogen-bond donors (Lipinski definition) is 1. The third-order valence-electron chi connectivity index (χ3n) is 5.19. The number of nitrogens with zero attached hydrogens (tertiary/aromatic N) is 1. The Bertz CT molecular complexity index is 1200. The second-order valence-electron chi connectivity index (χ2n) is 7.97. The van der Waals surface area contributed by atoms with E-state index in [1.807, 2.05) is 18.7 Å². The Kier molecular flexibility index (Phi) is 10.0. The number of aryl methyl sites for hydroxylation is 1. The van der Waals surface area contributed by atoms with Crippen molar-refractivity contribution in [1.82, 2.24) is 5.32 Å². The molecule has 0 saturated carbocycles. The van der Waals surface area contributed by atoms with Gasteiger partial charge in [-0.3, -0.25) is 9.10 Å². The maximum absolute atomic E-state index is 13.5. The van der Waals surface area contributed by atoms with Crippen molar-refractivity contribution in [3.63, 3.8) is 0 Å². The third-order valence-corrected chi connectivity index (χ3v) is 8.08.